The summed E-state index contributed by atoms with van der Waals surface area (Å²) in [6.07, 6.45) is 3.10. The second kappa shape index (κ2) is 8.81. The van der Waals surface area contributed by atoms with Gasteiger partial charge in [0.05, 0.1) is 23.4 Å². The van der Waals surface area contributed by atoms with Crippen LogP contribution >= 0.6 is 11.6 Å². The van der Waals surface area contributed by atoms with Crippen LogP contribution in [-0.4, -0.2) is 53.0 Å². The van der Waals surface area contributed by atoms with Gasteiger partial charge in [0.25, 0.3) is 5.91 Å². The number of hydrogen-bond donors (Lipinski definition) is 1. The van der Waals surface area contributed by atoms with Crippen molar-refractivity contribution in [1.82, 2.24) is 25.5 Å². The van der Waals surface area contributed by atoms with Gasteiger partial charge in [-0.2, -0.15) is 0 Å². The van der Waals surface area contributed by atoms with Gasteiger partial charge in [-0.3, -0.25) is 4.79 Å². The van der Waals surface area contributed by atoms with Crippen molar-refractivity contribution < 1.29 is 14.3 Å². The summed E-state index contributed by atoms with van der Waals surface area (Å²) in [6, 6.07) is 13.1. The minimum Gasteiger partial charge on any atom is -0.497 e. The maximum absolute atomic E-state index is 13.0. The van der Waals surface area contributed by atoms with E-state index in [0.717, 1.165) is 24.2 Å². The number of amides is 1. The number of nitrogens with one attached hydrogen (secondary N) is 1. The summed E-state index contributed by atoms with van der Waals surface area (Å²) in [7, 11) is 1.65. The third-order valence-corrected chi connectivity index (χ3v) is 5.88. The zero-order valence-electron chi connectivity index (χ0n) is 16.5. The monoisotopic (exact) mass is 427 g/mol. The molecule has 3 aromatic rings. The van der Waals surface area contributed by atoms with Gasteiger partial charge in [0.2, 0.25) is 0 Å². The average molecular weight is 428 g/mol. The lowest BCUT2D eigenvalue weighted by atomic mass is 9.74. The lowest BCUT2D eigenvalue weighted by Crippen LogP contribution is -2.44. The van der Waals surface area contributed by atoms with Crippen molar-refractivity contribution in [2.75, 3.05) is 26.9 Å². The van der Waals surface area contributed by atoms with Gasteiger partial charge in [0.1, 0.15) is 12.1 Å². The van der Waals surface area contributed by atoms with Gasteiger partial charge in [-0.05, 0) is 59.2 Å². The third kappa shape index (κ3) is 4.15. The molecule has 1 aromatic heterocycles. The Kier molecular flexibility index (Phi) is 5.96. The largest absolute Gasteiger partial charge is 0.497 e. The van der Waals surface area contributed by atoms with Gasteiger partial charge in [-0.15, -0.1) is 5.10 Å². The van der Waals surface area contributed by atoms with E-state index in [2.05, 4.69) is 33.0 Å². The van der Waals surface area contributed by atoms with E-state index >= 15 is 0 Å². The molecule has 1 aliphatic rings. The summed E-state index contributed by atoms with van der Waals surface area (Å²) in [5.41, 5.74) is 1.98. The van der Waals surface area contributed by atoms with Crippen molar-refractivity contribution in [3.8, 4) is 11.4 Å². The summed E-state index contributed by atoms with van der Waals surface area (Å²) in [5.74, 6) is 0.561. The summed E-state index contributed by atoms with van der Waals surface area (Å²) in [6.45, 7) is 1.78. The van der Waals surface area contributed by atoms with E-state index in [4.69, 9.17) is 21.1 Å². The van der Waals surface area contributed by atoms with Gasteiger partial charge in [0, 0.05) is 25.2 Å². The van der Waals surface area contributed by atoms with E-state index in [0.29, 0.717) is 36.0 Å². The first kappa shape index (κ1) is 20.3. The Hall–Kier alpha value is -2.97. The second-order valence-electron chi connectivity index (χ2n) is 7.22. The molecule has 4 rings (SSSR count). The normalized spacial score (nSPS) is 15.5. The lowest BCUT2D eigenvalue weighted by molar-refractivity contribution is 0.0487. The van der Waals surface area contributed by atoms with Crippen LogP contribution in [0.1, 0.15) is 28.8 Å². The van der Waals surface area contributed by atoms with Crippen molar-refractivity contribution in [3.63, 3.8) is 0 Å². The van der Waals surface area contributed by atoms with Crippen LogP contribution in [0.5, 0.6) is 5.75 Å². The fraction of sp³-hybridized carbons (Fsp3) is 0.333. The Morgan fingerprint density at radius 2 is 2.00 bits per heavy atom. The van der Waals surface area contributed by atoms with Crippen molar-refractivity contribution in [2.45, 2.75) is 18.3 Å². The van der Waals surface area contributed by atoms with Gasteiger partial charge in [0.15, 0.2) is 0 Å². The maximum Gasteiger partial charge on any atom is 0.252 e. The second-order valence-corrected chi connectivity index (χ2v) is 7.63. The van der Waals surface area contributed by atoms with E-state index in [1.54, 1.807) is 25.3 Å². The molecule has 0 bridgehead atoms. The Bertz CT molecular complexity index is 1000. The first-order chi connectivity index (χ1) is 14.6. The minimum absolute atomic E-state index is 0.208. The standard InChI is InChI=1S/C21H22ClN5O3/c1-29-17-5-2-15(3-6-17)21(8-10-30-11-9-21)13-23-20(28)18-12-16(4-7-19(18)22)27-14-24-25-26-27/h2-7,12,14H,8-11,13H2,1H3,(H,23,28). The Balaban J connectivity index is 1.55. The molecule has 1 aliphatic heterocycles. The summed E-state index contributed by atoms with van der Waals surface area (Å²) >= 11 is 6.30. The molecule has 0 spiro atoms. The van der Waals surface area contributed by atoms with E-state index in [1.165, 1.54) is 11.0 Å². The van der Waals surface area contributed by atoms with E-state index < -0.39 is 0 Å². The minimum atomic E-state index is -0.241. The number of tetrazole rings is 1. The Morgan fingerprint density at radius 3 is 2.67 bits per heavy atom. The van der Waals surface area contributed by atoms with Crippen LogP contribution in [0.4, 0.5) is 0 Å². The highest BCUT2D eigenvalue weighted by atomic mass is 35.5. The smallest absolute Gasteiger partial charge is 0.252 e. The number of halogens is 1. The third-order valence-electron chi connectivity index (χ3n) is 5.55. The number of carbonyl (C=O) groups is 1. The van der Waals surface area contributed by atoms with E-state index in [-0.39, 0.29) is 11.3 Å². The number of nitrogens with zero attached hydrogens (tertiary/aromatic N) is 4. The molecular weight excluding hydrogens is 406 g/mol. The predicted molar refractivity (Wildman–Crippen MR) is 111 cm³/mol. The van der Waals surface area contributed by atoms with Gasteiger partial charge in [-0.25, -0.2) is 4.68 Å². The average Bonchev–Trinajstić information content (AvgIpc) is 3.33. The molecule has 0 unspecified atom stereocenters. The fourth-order valence-electron chi connectivity index (χ4n) is 3.73. The lowest BCUT2D eigenvalue weighted by Gasteiger charge is -2.38. The first-order valence-electron chi connectivity index (χ1n) is 9.65. The van der Waals surface area contributed by atoms with E-state index in [1.807, 2.05) is 12.1 Å². The van der Waals surface area contributed by atoms with Gasteiger partial charge >= 0.3 is 0 Å². The molecule has 2 heterocycles. The number of carbonyl (C=O) groups excluding carboxylic acids is 1. The molecule has 0 aliphatic carbocycles. The van der Waals surface area contributed by atoms with Gasteiger partial charge in [-0.1, -0.05) is 23.7 Å². The molecular formula is C21H22ClN5O3. The maximum atomic E-state index is 13.0. The number of hydrogen-bond acceptors (Lipinski definition) is 6. The first-order valence-corrected chi connectivity index (χ1v) is 10.0. The number of ether oxygens (including phenoxy) is 2. The molecule has 2 aromatic carbocycles. The van der Waals surface area contributed by atoms with Crippen LogP contribution in [0.25, 0.3) is 5.69 Å². The molecule has 1 fully saturated rings. The Labute approximate surface area is 179 Å². The number of rotatable bonds is 6. The fourth-order valence-corrected chi connectivity index (χ4v) is 3.93. The van der Waals surface area contributed by atoms with Crippen molar-refractivity contribution in [3.05, 3.63) is 64.9 Å². The number of aromatic nitrogens is 4. The number of benzene rings is 2. The quantitative estimate of drug-likeness (QED) is 0.650. The SMILES string of the molecule is COc1ccc(C2(CNC(=O)c3cc(-n4cnnn4)ccc3Cl)CCOCC2)cc1. The van der Waals surface area contributed by atoms with Crippen molar-refractivity contribution >= 4 is 17.5 Å². The predicted octanol–water partition coefficient (Wildman–Crippen LogP) is 2.80. The van der Waals surface area contributed by atoms with Crippen molar-refractivity contribution in [2.24, 2.45) is 0 Å². The Morgan fingerprint density at radius 1 is 1.23 bits per heavy atom. The van der Waals surface area contributed by atoms with E-state index in [9.17, 15) is 4.79 Å². The van der Waals surface area contributed by atoms with Crippen LogP contribution in [0.15, 0.2) is 48.8 Å². The number of methoxy groups -OCH3 is 1. The zero-order valence-corrected chi connectivity index (χ0v) is 17.3. The van der Waals surface area contributed by atoms with Crippen LogP contribution in [0.2, 0.25) is 5.02 Å². The summed E-state index contributed by atoms with van der Waals surface area (Å²) < 4.78 is 12.3. The van der Waals surface area contributed by atoms with Crippen LogP contribution < -0.4 is 10.1 Å². The van der Waals surface area contributed by atoms with Crippen LogP contribution in [-0.2, 0) is 10.2 Å². The molecule has 0 radical (unpaired) electrons. The molecule has 0 saturated carbocycles. The molecule has 9 heteroatoms. The summed E-state index contributed by atoms with van der Waals surface area (Å²) in [4.78, 5) is 13.0. The highest BCUT2D eigenvalue weighted by Gasteiger charge is 2.35. The van der Waals surface area contributed by atoms with Gasteiger partial charge < -0.3 is 14.8 Å². The highest BCUT2D eigenvalue weighted by molar-refractivity contribution is 6.33. The summed E-state index contributed by atoms with van der Waals surface area (Å²) in [5, 5.41) is 14.6. The molecule has 1 amide bonds. The molecule has 0 atom stereocenters. The van der Waals surface area contributed by atoms with Crippen LogP contribution in [0, 0.1) is 0 Å². The van der Waals surface area contributed by atoms with Crippen LogP contribution in [0.3, 0.4) is 0 Å². The molecule has 1 saturated heterocycles. The zero-order chi connectivity index (χ0) is 21.0. The molecule has 1 N–H and O–H groups in total. The highest BCUT2D eigenvalue weighted by Crippen LogP contribution is 2.35. The van der Waals surface area contributed by atoms with Crippen molar-refractivity contribution in [1.29, 1.82) is 0 Å². The molecule has 156 valence electrons. The molecule has 8 nitrogen and oxygen atoms in total. The topological polar surface area (TPSA) is 91.2 Å². The molecule has 30 heavy (non-hydrogen) atoms.